The van der Waals surface area contributed by atoms with Gasteiger partial charge in [0.05, 0.1) is 0 Å². The molecule has 12 heavy (non-hydrogen) atoms. The third-order valence-electron chi connectivity index (χ3n) is 0.577. The number of carbonyl (C=O) groups is 2. The molecule has 0 saturated heterocycles. The molecule has 0 fully saturated rings. The van der Waals surface area contributed by atoms with Gasteiger partial charge in [0.25, 0.3) is 0 Å². The molecule has 0 aromatic heterocycles. The van der Waals surface area contributed by atoms with Crippen LogP contribution in [-0.4, -0.2) is 11.9 Å². The van der Waals surface area contributed by atoms with Crippen molar-refractivity contribution in [1.82, 2.24) is 0 Å². The summed E-state index contributed by atoms with van der Waals surface area (Å²) in [7, 11) is 0. The predicted molar refractivity (Wildman–Crippen MR) is 30.6 cm³/mol. The Morgan fingerprint density at radius 3 is 1.08 bits per heavy atom. The number of aliphatic carboxylic acids is 2. The van der Waals surface area contributed by atoms with Crippen molar-refractivity contribution in [2.75, 3.05) is 0 Å². The molecule has 0 unspecified atom stereocenters. The molecule has 60 valence electrons. The van der Waals surface area contributed by atoms with Crippen LogP contribution >= 0.6 is 0 Å². The van der Waals surface area contributed by atoms with Gasteiger partial charge in [-0.15, -0.1) is 0 Å². The van der Waals surface area contributed by atoms with Crippen LogP contribution in [0.1, 0.15) is 26.7 Å². The van der Waals surface area contributed by atoms with Crippen molar-refractivity contribution in [3.05, 3.63) is 0 Å². The van der Waals surface area contributed by atoms with E-state index in [9.17, 15) is 19.8 Å². The van der Waals surface area contributed by atoms with E-state index in [0.717, 1.165) is 0 Å². The Labute approximate surface area is 137 Å². The van der Waals surface area contributed by atoms with E-state index in [-0.39, 0.29) is 93.8 Å². The summed E-state index contributed by atoms with van der Waals surface area (Å²) in [6, 6.07) is 0. The van der Waals surface area contributed by atoms with Crippen LogP contribution < -0.4 is 91.2 Å². The average molecular weight is 208 g/mol. The van der Waals surface area contributed by atoms with Crippen molar-refractivity contribution >= 4 is 11.9 Å². The van der Waals surface area contributed by atoms with Gasteiger partial charge in [0.1, 0.15) is 0 Å². The van der Waals surface area contributed by atoms with Crippen LogP contribution in [0, 0.1) is 0 Å². The van der Waals surface area contributed by atoms with Crippen LogP contribution in [0.4, 0.5) is 0 Å². The van der Waals surface area contributed by atoms with E-state index in [4.69, 9.17) is 0 Å². The van der Waals surface area contributed by atoms with E-state index in [0.29, 0.717) is 0 Å². The Hall–Kier alpha value is 1.58. The molecule has 0 rings (SSSR count). The Kier molecular flexibility index (Phi) is 35.9. The number of rotatable bonds is 2. The zero-order valence-electron chi connectivity index (χ0n) is 8.05. The molecule has 0 aromatic rings. The molecule has 0 radical (unpaired) electrons. The Morgan fingerprint density at radius 1 is 1.00 bits per heavy atom. The summed E-state index contributed by atoms with van der Waals surface area (Å²) in [6.07, 6.45) is 0.222. The number of hydrogen-bond acceptors (Lipinski definition) is 4. The zero-order chi connectivity index (χ0) is 8.57. The van der Waals surface area contributed by atoms with E-state index < -0.39 is 11.9 Å². The maximum absolute atomic E-state index is 9.26. The number of hydrogen-bond donors (Lipinski definition) is 0. The van der Waals surface area contributed by atoms with Crippen LogP contribution in [0.3, 0.4) is 0 Å². The van der Waals surface area contributed by atoms with E-state index in [1.165, 1.54) is 13.8 Å². The van der Waals surface area contributed by atoms with Crippen LogP contribution in [0.5, 0.6) is 0 Å². The fraction of sp³-hybridized carbons (Fsp3) is 0.667. The molecule has 0 aromatic carbocycles. The maximum Gasteiger partial charge on any atom is 1.00 e. The van der Waals surface area contributed by atoms with E-state index in [2.05, 4.69) is 0 Å². The molecular weight excluding hydrogens is 198 g/mol. The van der Waals surface area contributed by atoms with E-state index in [1.54, 1.807) is 0 Å². The normalized spacial score (nSPS) is 6.17. The van der Waals surface area contributed by atoms with Gasteiger partial charge in [0.2, 0.25) is 0 Å². The first-order valence-corrected chi connectivity index (χ1v) is 2.94. The second-order valence-corrected chi connectivity index (χ2v) is 1.45. The summed E-state index contributed by atoms with van der Waals surface area (Å²) < 4.78 is 0. The summed E-state index contributed by atoms with van der Waals surface area (Å²) in [4.78, 5) is 18.5. The van der Waals surface area contributed by atoms with Crippen molar-refractivity contribution in [2.24, 2.45) is 0 Å². The SMILES string of the molecule is CCC(=O)[O-].CCC(=O)[O-].[K+].[Na+]. The van der Waals surface area contributed by atoms with Crippen molar-refractivity contribution in [3.63, 3.8) is 0 Å². The van der Waals surface area contributed by atoms with Crippen molar-refractivity contribution in [2.45, 2.75) is 26.7 Å². The quantitative estimate of drug-likeness (QED) is 0.422. The smallest absolute Gasteiger partial charge is 0.550 e. The standard InChI is InChI=1S/2C3H6O2.K.Na/c2*1-2-3(4)5;;/h2*2H2,1H3,(H,4,5);;/q;;2*+1/p-2. The first-order chi connectivity index (χ1) is 4.54. The van der Waals surface area contributed by atoms with E-state index >= 15 is 0 Å². The van der Waals surface area contributed by atoms with Gasteiger partial charge in [-0.3, -0.25) is 0 Å². The zero-order valence-corrected chi connectivity index (χ0v) is 13.2. The van der Waals surface area contributed by atoms with E-state index in [1.807, 2.05) is 0 Å². The van der Waals surface area contributed by atoms with Gasteiger partial charge in [-0.25, -0.2) is 0 Å². The minimum Gasteiger partial charge on any atom is -0.550 e. The van der Waals surface area contributed by atoms with Gasteiger partial charge in [0.15, 0.2) is 0 Å². The largest absolute Gasteiger partial charge is 1.00 e. The molecule has 0 heterocycles. The molecule has 0 spiro atoms. The minimum absolute atomic E-state index is 0. The molecule has 0 aliphatic carbocycles. The van der Waals surface area contributed by atoms with Crippen LogP contribution in [0.15, 0.2) is 0 Å². The fourth-order valence-electron chi connectivity index (χ4n) is 0. The summed E-state index contributed by atoms with van der Waals surface area (Å²) >= 11 is 0. The van der Waals surface area contributed by atoms with Gasteiger partial charge >= 0.3 is 80.9 Å². The number of carbonyl (C=O) groups excluding carboxylic acids is 2. The monoisotopic (exact) mass is 208 g/mol. The number of carboxylic acid groups (broad SMARTS) is 2. The van der Waals surface area contributed by atoms with Crippen molar-refractivity contribution in [3.8, 4) is 0 Å². The van der Waals surface area contributed by atoms with Crippen LogP contribution in [-0.2, 0) is 9.59 Å². The fourth-order valence-corrected chi connectivity index (χ4v) is 0. The number of carboxylic acids is 2. The molecule has 0 bridgehead atoms. The predicted octanol–water partition coefficient (Wildman–Crippen LogP) is -7.70. The van der Waals surface area contributed by atoms with Crippen LogP contribution in [0.2, 0.25) is 0 Å². The Balaban J connectivity index is -0.0000000457. The van der Waals surface area contributed by atoms with Gasteiger partial charge in [-0.1, -0.05) is 13.8 Å². The molecule has 0 N–H and O–H groups in total. The second-order valence-electron chi connectivity index (χ2n) is 1.45. The van der Waals surface area contributed by atoms with Gasteiger partial charge < -0.3 is 19.8 Å². The Morgan fingerprint density at radius 2 is 1.08 bits per heavy atom. The molecular formula is C6H10KNaO4. The Bertz CT molecular complexity index is 104. The second kappa shape index (κ2) is 18.4. The summed E-state index contributed by atoms with van der Waals surface area (Å²) in [5.74, 6) is -1.99. The molecule has 0 aliphatic rings. The first-order valence-electron chi connectivity index (χ1n) is 2.94. The van der Waals surface area contributed by atoms with Gasteiger partial charge in [0, 0.05) is 11.9 Å². The summed E-state index contributed by atoms with van der Waals surface area (Å²) in [5, 5.41) is 18.5. The molecule has 4 nitrogen and oxygen atoms in total. The van der Waals surface area contributed by atoms with Gasteiger partial charge in [-0.2, -0.15) is 0 Å². The minimum atomic E-state index is -0.995. The molecule has 0 aliphatic heterocycles. The summed E-state index contributed by atoms with van der Waals surface area (Å²) in [5.41, 5.74) is 0. The topological polar surface area (TPSA) is 80.3 Å². The first kappa shape index (κ1) is 23.4. The molecule has 6 heteroatoms. The van der Waals surface area contributed by atoms with Crippen LogP contribution in [0.25, 0.3) is 0 Å². The molecule has 0 amide bonds. The van der Waals surface area contributed by atoms with Gasteiger partial charge in [-0.05, 0) is 12.8 Å². The molecule has 0 saturated carbocycles. The maximum atomic E-state index is 9.26. The van der Waals surface area contributed by atoms with Crippen molar-refractivity contribution in [1.29, 1.82) is 0 Å². The third-order valence-corrected chi connectivity index (χ3v) is 0.577. The summed E-state index contributed by atoms with van der Waals surface area (Å²) in [6.45, 7) is 3.07. The average Bonchev–Trinajstić information content (AvgIpc) is 1.89. The third kappa shape index (κ3) is 41.6. The van der Waals surface area contributed by atoms with Crippen molar-refractivity contribution < 1.29 is 101 Å². The molecule has 0 atom stereocenters.